The maximum atomic E-state index is 11.9. The monoisotopic (exact) mass is 289 g/mol. The lowest BCUT2D eigenvalue weighted by Crippen LogP contribution is -2.26. The Kier molecular flexibility index (Phi) is 3.08. The minimum atomic E-state index is -0.755. The van der Waals surface area contributed by atoms with Gasteiger partial charge in [0.1, 0.15) is 10.5 Å². The van der Waals surface area contributed by atoms with Gasteiger partial charge in [0.15, 0.2) is 5.65 Å². The first kappa shape index (κ1) is 12.6. The molecule has 0 aromatic carbocycles. The zero-order valence-electron chi connectivity index (χ0n) is 10.1. The minimum Gasteiger partial charge on any atom is -0.372 e. The Hall–Kier alpha value is -2.47. The van der Waals surface area contributed by atoms with Crippen LogP contribution in [-0.4, -0.2) is 14.5 Å². The Balaban J connectivity index is 2.21. The van der Waals surface area contributed by atoms with E-state index in [4.69, 9.17) is 11.6 Å². The topological polar surface area (TPSA) is 78.0 Å². The summed E-state index contributed by atoms with van der Waals surface area (Å²) in [5.41, 5.74) is 0.344. The lowest BCUT2D eigenvalue weighted by Gasteiger charge is -2.07. The number of aromatic nitrogens is 3. The van der Waals surface area contributed by atoms with Crippen LogP contribution in [0.15, 0.2) is 50.7 Å². The third kappa shape index (κ3) is 2.21. The van der Waals surface area contributed by atoms with Gasteiger partial charge in [-0.15, -0.1) is 0 Å². The van der Waals surface area contributed by atoms with Crippen LogP contribution in [0.2, 0.25) is 5.15 Å². The first-order chi connectivity index (χ1) is 9.65. The lowest BCUT2D eigenvalue weighted by molar-refractivity contribution is 0.423. The van der Waals surface area contributed by atoms with Crippen LogP contribution in [0.3, 0.4) is 0 Å². The molecule has 20 heavy (non-hydrogen) atoms. The van der Waals surface area contributed by atoms with E-state index >= 15 is 0 Å². The summed E-state index contributed by atoms with van der Waals surface area (Å²) in [4.78, 5) is 31.4. The normalized spacial score (nSPS) is 10.8. The Labute approximate surface area is 117 Å². The number of nitrogens with zero attached hydrogens (tertiary/aromatic N) is 3. The lowest BCUT2D eigenvalue weighted by atomic mass is 10.2. The van der Waals surface area contributed by atoms with Crippen LogP contribution in [0.5, 0.6) is 0 Å². The van der Waals surface area contributed by atoms with Crippen LogP contribution in [0.4, 0.5) is 0 Å². The summed E-state index contributed by atoms with van der Waals surface area (Å²) < 4.78 is 5.97. The molecule has 0 aliphatic rings. The van der Waals surface area contributed by atoms with Gasteiger partial charge in [0, 0.05) is 12.4 Å². The highest BCUT2D eigenvalue weighted by Crippen LogP contribution is 2.10. The van der Waals surface area contributed by atoms with Crippen LogP contribution in [-0.2, 0) is 6.54 Å². The summed E-state index contributed by atoms with van der Waals surface area (Å²) in [6.45, 7) is 0.193. The smallest absolute Gasteiger partial charge is 0.372 e. The molecule has 0 unspecified atom stereocenters. The molecule has 7 heteroatoms. The molecule has 0 aliphatic heterocycles. The summed E-state index contributed by atoms with van der Waals surface area (Å²) >= 11 is 5.81. The number of rotatable bonds is 2. The SMILES string of the molecule is O=c1oc(=O)n(Cc2ccnc(Cl)c2)c2ncccc12. The average molecular weight is 290 g/mol. The summed E-state index contributed by atoms with van der Waals surface area (Å²) in [6.07, 6.45) is 3.05. The van der Waals surface area contributed by atoms with E-state index in [0.717, 1.165) is 5.56 Å². The fourth-order valence-corrected chi connectivity index (χ4v) is 2.11. The van der Waals surface area contributed by atoms with Gasteiger partial charge >= 0.3 is 11.4 Å². The van der Waals surface area contributed by atoms with Gasteiger partial charge in [0.05, 0.1) is 6.54 Å². The second-order valence-corrected chi connectivity index (χ2v) is 4.49. The van der Waals surface area contributed by atoms with Crippen molar-refractivity contribution >= 4 is 22.6 Å². The average Bonchev–Trinajstić information content (AvgIpc) is 2.43. The van der Waals surface area contributed by atoms with Crippen molar-refractivity contribution in [2.45, 2.75) is 6.54 Å². The molecule has 3 aromatic heterocycles. The van der Waals surface area contributed by atoms with Crippen LogP contribution in [0, 0.1) is 0 Å². The molecule has 100 valence electrons. The molecular formula is C13H8ClN3O3. The van der Waals surface area contributed by atoms with Crippen molar-refractivity contribution in [3.63, 3.8) is 0 Å². The van der Waals surface area contributed by atoms with Gasteiger partial charge in [-0.25, -0.2) is 19.6 Å². The number of hydrogen-bond donors (Lipinski definition) is 0. The Bertz CT molecular complexity index is 901. The molecule has 0 atom stereocenters. The molecular weight excluding hydrogens is 282 g/mol. The molecule has 0 amide bonds. The van der Waals surface area contributed by atoms with Crippen molar-refractivity contribution in [2.75, 3.05) is 0 Å². The van der Waals surface area contributed by atoms with Gasteiger partial charge in [-0.05, 0) is 29.8 Å². The highest BCUT2D eigenvalue weighted by molar-refractivity contribution is 6.29. The standard InChI is InChI=1S/C13H8ClN3O3/c14-10-6-8(3-5-15-10)7-17-11-9(2-1-4-16-11)12(18)20-13(17)19/h1-6H,7H2. The highest BCUT2D eigenvalue weighted by Gasteiger charge is 2.10. The van der Waals surface area contributed by atoms with E-state index in [1.165, 1.54) is 17.0 Å². The second-order valence-electron chi connectivity index (χ2n) is 4.10. The molecule has 3 aromatic rings. The maximum Gasteiger partial charge on any atom is 0.423 e. The number of hydrogen-bond acceptors (Lipinski definition) is 5. The molecule has 0 saturated heterocycles. The summed E-state index contributed by atoms with van der Waals surface area (Å²) in [5, 5.41) is 0.581. The van der Waals surface area contributed by atoms with E-state index in [9.17, 15) is 9.59 Å². The largest absolute Gasteiger partial charge is 0.423 e. The molecule has 0 aliphatic carbocycles. The van der Waals surface area contributed by atoms with Crippen molar-refractivity contribution in [1.82, 2.24) is 14.5 Å². The highest BCUT2D eigenvalue weighted by atomic mass is 35.5. The molecule has 0 bridgehead atoms. The molecule has 0 N–H and O–H groups in total. The van der Waals surface area contributed by atoms with Crippen LogP contribution >= 0.6 is 11.6 Å². The van der Waals surface area contributed by atoms with Gasteiger partial charge in [-0.3, -0.25) is 4.57 Å². The van der Waals surface area contributed by atoms with Crippen LogP contribution in [0.1, 0.15) is 5.56 Å². The molecule has 3 rings (SSSR count). The third-order valence-corrected chi connectivity index (χ3v) is 3.00. The van der Waals surface area contributed by atoms with Crippen molar-refractivity contribution < 1.29 is 4.42 Å². The van der Waals surface area contributed by atoms with Crippen LogP contribution < -0.4 is 11.4 Å². The minimum absolute atomic E-state index is 0.193. The van der Waals surface area contributed by atoms with Crippen molar-refractivity contribution in [2.24, 2.45) is 0 Å². The van der Waals surface area contributed by atoms with Crippen molar-refractivity contribution in [3.05, 3.63) is 68.3 Å². The first-order valence-electron chi connectivity index (χ1n) is 5.74. The van der Waals surface area contributed by atoms with E-state index in [1.807, 2.05) is 0 Å². The molecule has 0 radical (unpaired) electrons. The van der Waals surface area contributed by atoms with E-state index in [2.05, 4.69) is 14.4 Å². The third-order valence-electron chi connectivity index (χ3n) is 2.79. The fraction of sp³-hybridized carbons (Fsp3) is 0.0769. The quantitative estimate of drug-likeness (QED) is 0.667. The fourth-order valence-electron chi connectivity index (χ4n) is 1.91. The maximum absolute atomic E-state index is 11.9. The number of fused-ring (bicyclic) bond motifs is 1. The predicted octanol–water partition coefficient (Wildman–Crippen LogP) is 1.45. The summed E-state index contributed by atoms with van der Waals surface area (Å²) in [5.74, 6) is -0.755. The molecule has 0 spiro atoms. The van der Waals surface area contributed by atoms with Crippen molar-refractivity contribution in [1.29, 1.82) is 0 Å². The zero-order chi connectivity index (χ0) is 14.1. The summed E-state index contributed by atoms with van der Waals surface area (Å²) in [7, 11) is 0. The Morgan fingerprint density at radius 3 is 2.85 bits per heavy atom. The van der Waals surface area contributed by atoms with E-state index in [0.29, 0.717) is 5.15 Å². The van der Waals surface area contributed by atoms with E-state index in [-0.39, 0.29) is 17.6 Å². The van der Waals surface area contributed by atoms with Crippen LogP contribution in [0.25, 0.3) is 11.0 Å². The number of pyridine rings is 2. The van der Waals surface area contributed by atoms with E-state index in [1.54, 1.807) is 24.3 Å². The zero-order valence-corrected chi connectivity index (χ0v) is 10.9. The first-order valence-corrected chi connectivity index (χ1v) is 6.12. The van der Waals surface area contributed by atoms with Gasteiger partial charge in [0.2, 0.25) is 0 Å². The van der Waals surface area contributed by atoms with Gasteiger partial charge in [0.25, 0.3) is 0 Å². The molecule has 0 saturated carbocycles. The van der Waals surface area contributed by atoms with Crippen molar-refractivity contribution in [3.8, 4) is 0 Å². The predicted molar refractivity (Wildman–Crippen MR) is 72.9 cm³/mol. The van der Waals surface area contributed by atoms with Gasteiger partial charge < -0.3 is 4.42 Å². The van der Waals surface area contributed by atoms with E-state index < -0.39 is 11.4 Å². The number of halogens is 1. The molecule has 0 fully saturated rings. The van der Waals surface area contributed by atoms with Gasteiger partial charge in [-0.2, -0.15) is 0 Å². The Morgan fingerprint density at radius 1 is 1.20 bits per heavy atom. The Morgan fingerprint density at radius 2 is 2.05 bits per heavy atom. The molecule has 6 nitrogen and oxygen atoms in total. The molecule has 3 heterocycles. The van der Waals surface area contributed by atoms with Gasteiger partial charge in [-0.1, -0.05) is 11.6 Å². The second kappa shape index (κ2) is 4.90. The summed E-state index contributed by atoms with van der Waals surface area (Å²) in [6, 6.07) is 6.52.